The van der Waals surface area contributed by atoms with Crippen LogP contribution in [0.2, 0.25) is 0 Å². The van der Waals surface area contributed by atoms with Crippen LogP contribution in [0.5, 0.6) is 0 Å². The normalized spacial score (nSPS) is 21.2. The second-order valence-electron chi connectivity index (χ2n) is 3.05. The average Bonchev–Trinajstić information content (AvgIpc) is 2.07. The van der Waals surface area contributed by atoms with Gasteiger partial charge in [-0.25, -0.2) is 0 Å². The fourth-order valence-electron chi connectivity index (χ4n) is 1.59. The maximum absolute atomic E-state index is 9.35. The summed E-state index contributed by atoms with van der Waals surface area (Å²) < 4.78 is 0. The molecule has 0 bridgehead atoms. The third kappa shape index (κ3) is 2.31. The van der Waals surface area contributed by atoms with Gasteiger partial charge in [0.05, 0.1) is 0 Å². The highest BCUT2D eigenvalue weighted by atomic mass is 16.3. The first kappa shape index (κ1) is 8.20. The van der Waals surface area contributed by atoms with Gasteiger partial charge in [0.2, 0.25) is 0 Å². The van der Waals surface area contributed by atoms with E-state index in [1.807, 2.05) is 0 Å². The predicted octanol–water partition coefficient (Wildman–Crippen LogP) is 2.60. The zero-order valence-electron chi connectivity index (χ0n) is 6.64. The minimum atomic E-state index is 0.307. The predicted molar refractivity (Wildman–Crippen MR) is 44.4 cm³/mol. The molecule has 1 rings (SSSR count). The number of hydrogen-bond acceptors (Lipinski definition) is 1. The monoisotopic (exact) mass is 149 g/mol. The van der Waals surface area contributed by atoms with E-state index < -0.39 is 0 Å². The van der Waals surface area contributed by atoms with Gasteiger partial charge in [0.25, 0.3) is 0 Å². The molecule has 0 heterocycles. The van der Waals surface area contributed by atoms with E-state index in [9.17, 15) is 5.11 Å². The van der Waals surface area contributed by atoms with E-state index in [1.54, 1.807) is 0 Å². The summed E-state index contributed by atoms with van der Waals surface area (Å²) >= 11 is 0. The molecule has 0 aliphatic heterocycles. The van der Waals surface area contributed by atoms with Gasteiger partial charge in [-0.15, -0.1) is 0 Å². The minimum Gasteiger partial charge on any atom is -0.511 e. The summed E-state index contributed by atoms with van der Waals surface area (Å²) in [6.07, 6.45) is 13.9. The van der Waals surface area contributed by atoms with Gasteiger partial charge in [0.1, 0.15) is 5.76 Å². The zero-order valence-corrected chi connectivity index (χ0v) is 6.64. The van der Waals surface area contributed by atoms with E-state index in [0.29, 0.717) is 11.7 Å². The summed E-state index contributed by atoms with van der Waals surface area (Å²) in [5, 5.41) is 9.35. The van der Waals surface area contributed by atoms with Gasteiger partial charge in [-0.3, -0.25) is 0 Å². The molecule has 1 aliphatic carbocycles. The summed E-state index contributed by atoms with van der Waals surface area (Å²) in [6.45, 7) is 0. The molecule has 1 N–H and O–H groups in total. The van der Waals surface area contributed by atoms with E-state index in [1.165, 1.54) is 25.3 Å². The molecule has 0 aromatic rings. The van der Waals surface area contributed by atoms with Crippen LogP contribution in [0, 0.1) is 18.3 Å². The van der Waals surface area contributed by atoms with Crippen LogP contribution in [0.25, 0.3) is 0 Å². The van der Waals surface area contributed by atoms with Crippen LogP contribution in [0.3, 0.4) is 0 Å². The van der Waals surface area contributed by atoms with Gasteiger partial charge in [-0.2, -0.15) is 0 Å². The highest BCUT2D eigenvalue weighted by molar-refractivity contribution is 5.12. The van der Waals surface area contributed by atoms with Crippen LogP contribution in [0.4, 0.5) is 0 Å². The van der Waals surface area contributed by atoms with Crippen molar-refractivity contribution < 1.29 is 5.11 Å². The summed E-state index contributed by atoms with van der Waals surface area (Å²) in [4.78, 5) is 0. The van der Waals surface area contributed by atoms with Gasteiger partial charge in [-0.05, 0) is 19.3 Å². The lowest BCUT2D eigenvalue weighted by molar-refractivity contribution is 0.276. The van der Waals surface area contributed by atoms with Crippen molar-refractivity contribution in [3.8, 4) is 5.92 Å². The Morgan fingerprint density at radius 2 is 2.00 bits per heavy atom. The highest BCUT2D eigenvalue weighted by Gasteiger charge is 2.16. The van der Waals surface area contributed by atoms with Crippen LogP contribution in [-0.4, -0.2) is 5.11 Å². The molecule has 1 saturated carbocycles. The quantitative estimate of drug-likeness (QED) is 0.449. The lowest BCUT2D eigenvalue weighted by atomic mass is 9.88. The smallest absolute Gasteiger partial charge is 0.104 e. The Balaban J connectivity index is 2.46. The molecule has 1 nitrogen and oxygen atoms in total. The molecule has 0 amide bonds. The van der Waals surface area contributed by atoms with Crippen LogP contribution < -0.4 is 0 Å². The fraction of sp³-hybridized carbons (Fsp3) is 0.600. The third-order valence-electron chi connectivity index (χ3n) is 2.24. The Kier molecular flexibility index (Phi) is 3.04. The molecule has 11 heavy (non-hydrogen) atoms. The Morgan fingerprint density at radius 1 is 1.36 bits per heavy atom. The number of rotatable bonds is 1. The summed E-state index contributed by atoms with van der Waals surface area (Å²) in [5.41, 5.74) is 0. The molecular formula is C10H13O. The molecule has 1 aliphatic rings. The minimum absolute atomic E-state index is 0.307. The summed E-state index contributed by atoms with van der Waals surface area (Å²) in [7, 11) is 0. The molecule has 59 valence electrons. The molecule has 1 heteroatoms. The summed E-state index contributed by atoms with van der Waals surface area (Å²) in [5.74, 6) is 2.76. The lowest BCUT2D eigenvalue weighted by Crippen LogP contribution is -2.08. The lowest BCUT2D eigenvalue weighted by Gasteiger charge is -2.20. The molecule has 0 unspecified atom stereocenters. The van der Waals surface area contributed by atoms with Crippen molar-refractivity contribution in [1.82, 2.24) is 0 Å². The number of aliphatic hydroxyl groups is 1. The van der Waals surface area contributed by atoms with Crippen LogP contribution in [0.15, 0.2) is 11.8 Å². The molecule has 0 saturated heterocycles. The first-order valence-corrected chi connectivity index (χ1v) is 4.16. The van der Waals surface area contributed by atoms with Gasteiger partial charge < -0.3 is 5.11 Å². The molecule has 0 atom stereocenters. The van der Waals surface area contributed by atoms with Gasteiger partial charge in [0, 0.05) is 12.0 Å². The van der Waals surface area contributed by atoms with Crippen molar-refractivity contribution in [1.29, 1.82) is 0 Å². The summed E-state index contributed by atoms with van der Waals surface area (Å²) in [6, 6.07) is 0. The van der Waals surface area contributed by atoms with Gasteiger partial charge in [-0.1, -0.05) is 25.2 Å². The van der Waals surface area contributed by atoms with Crippen molar-refractivity contribution in [3.05, 3.63) is 18.3 Å². The Labute approximate surface area is 68.1 Å². The van der Waals surface area contributed by atoms with E-state index in [0.717, 1.165) is 12.8 Å². The highest BCUT2D eigenvalue weighted by Crippen LogP contribution is 2.27. The van der Waals surface area contributed by atoms with Crippen molar-refractivity contribution in [2.45, 2.75) is 32.1 Å². The van der Waals surface area contributed by atoms with Crippen LogP contribution in [-0.2, 0) is 0 Å². The van der Waals surface area contributed by atoms with E-state index in [-0.39, 0.29) is 0 Å². The Morgan fingerprint density at radius 3 is 2.55 bits per heavy atom. The van der Waals surface area contributed by atoms with Crippen LogP contribution in [0.1, 0.15) is 32.1 Å². The largest absolute Gasteiger partial charge is 0.511 e. The third-order valence-corrected chi connectivity index (χ3v) is 2.24. The first-order chi connectivity index (χ1) is 5.34. The van der Waals surface area contributed by atoms with Crippen molar-refractivity contribution >= 4 is 0 Å². The number of aliphatic hydroxyl groups excluding tert-OH is 1. The molecular weight excluding hydrogens is 136 g/mol. The van der Waals surface area contributed by atoms with Gasteiger partial charge >= 0.3 is 0 Å². The second-order valence-corrected chi connectivity index (χ2v) is 3.05. The van der Waals surface area contributed by atoms with Crippen LogP contribution >= 0.6 is 0 Å². The first-order valence-electron chi connectivity index (χ1n) is 4.16. The molecule has 0 spiro atoms. The zero-order chi connectivity index (χ0) is 8.10. The Hall–Kier alpha value is -0.900. The second kappa shape index (κ2) is 4.08. The van der Waals surface area contributed by atoms with E-state index in [4.69, 9.17) is 6.42 Å². The maximum Gasteiger partial charge on any atom is 0.104 e. The fourth-order valence-corrected chi connectivity index (χ4v) is 1.59. The molecule has 1 radical (unpaired) electrons. The molecule has 0 aromatic heterocycles. The SMILES string of the molecule is [C]#C/C=C(\O)C1CCCCC1. The van der Waals surface area contributed by atoms with Crippen molar-refractivity contribution in [3.63, 3.8) is 0 Å². The maximum atomic E-state index is 9.35. The standard InChI is InChI=1S/C10H13O/c1-2-6-10(11)9-7-4-3-5-8-9/h6,9,11H,3-5,7-8H2/b10-6-. The van der Waals surface area contributed by atoms with E-state index in [2.05, 4.69) is 5.92 Å². The molecule has 0 aromatic carbocycles. The van der Waals surface area contributed by atoms with Crippen molar-refractivity contribution in [2.75, 3.05) is 0 Å². The number of allylic oxidation sites excluding steroid dienone is 2. The topological polar surface area (TPSA) is 20.2 Å². The number of hydrogen-bond donors (Lipinski definition) is 1. The van der Waals surface area contributed by atoms with Crippen molar-refractivity contribution in [2.24, 2.45) is 5.92 Å². The average molecular weight is 149 g/mol. The van der Waals surface area contributed by atoms with E-state index >= 15 is 0 Å². The Bertz CT molecular complexity index is 180. The van der Waals surface area contributed by atoms with Gasteiger partial charge in [0.15, 0.2) is 0 Å². The molecule has 1 fully saturated rings.